The fraction of sp³-hybridized carbons (Fsp3) is 0.529. The van der Waals surface area contributed by atoms with Gasteiger partial charge in [-0.2, -0.15) is 0 Å². The van der Waals surface area contributed by atoms with Gasteiger partial charge in [-0.15, -0.1) is 11.3 Å². The van der Waals surface area contributed by atoms with Crippen LogP contribution in [-0.4, -0.2) is 34.7 Å². The number of amides is 1. The lowest BCUT2D eigenvalue weighted by atomic mass is 9.89. The Morgan fingerprint density at radius 1 is 1.32 bits per heavy atom. The number of para-hydroxylation sites is 1. The number of hydrogen-bond acceptors (Lipinski definition) is 4. The molecule has 0 unspecified atom stereocenters. The Balaban J connectivity index is 1.67. The van der Waals surface area contributed by atoms with Crippen molar-refractivity contribution in [2.45, 2.75) is 45.1 Å². The summed E-state index contributed by atoms with van der Waals surface area (Å²) in [6.07, 6.45) is 1.74. The van der Waals surface area contributed by atoms with Gasteiger partial charge in [0.05, 0.1) is 15.7 Å². The second-order valence-corrected chi connectivity index (χ2v) is 7.67. The molecule has 22 heavy (non-hydrogen) atoms. The molecule has 1 aromatic heterocycles. The number of nitrogens with zero attached hydrogens (tertiary/aromatic N) is 2. The predicted molar refractivity (Wildman–Crippen MR) is 89.4 cm³/mol. The van der Waals surface area contributed by atoms with Crippen LogP contribution in [0.1, 0.15) is 45.1 Å². The number of thiazole rings is 1. The summed E-state index contributed by atoms with van der Waals surface area (Å²) in [5.74, 6) is 0.476. The van der Waals surface area contributed by atoms with Crippen molar-refractivity contribution in [1.29, 1.82) is 0 Å². The maximum absolute atomic E-state index is 12.1. The summed E-state index contributed by atoms with van der Waals surface area (Å²) in [4.78, 5) is 18.5. The van der Waals surface area contributed by atoms with Gasteiger partial charge in [-0.25, -0.2) is 9.78 Å². The minimum absolute atomic E-state index is 0.196. The number of ether oxygens (including phenoxy) is 1. The molecular weight excluding hydrogens is 296 g/mol. The van der Waals surface area contributed by atoms with Crippen molar-refractivity contribution in [3.63, 3.8) is 0 Å². The Morgan fingerprint density at radius 2 is 2.05 bits per heavy atom. The number of benzene rings is 1. The van der Waals surface area contributed by atoms with E-state index in [1.807, 2.05) is 31.2 Å². The molecule has 118 valence electrons. The Kier molecular flexibility index (Phi) is 4.08. The normalized spacial score (nSPS) is 17.0. The first-order valence-corrected chi connectivity index (χ1v) is 8.62. The van der Waals surface area contributed by atoms with Crippen molar-refractivity contribution in [3.05, 3.63) is 29.3 Å². The number of carbonyl (C=O) groups excluding carboxylic acids is 1. The van der Waals surface area contributed by atoms with Gasteiger partial charge in [-0.05, 0) is 51.2 Å². The number of piperidine rings is 1. The van der Waals surface area contributed by atoms with Gasteiger partial charge in [0, 0.05) is 13.1 Å². The quantitative estimate of drug-likeness (QED) is 0.782. The lowest BCUT2D eigenvalue weighted by Gasteiger charge is -2.33. The van der Waals surface area contributed by atoms with E-state index < -0.39 is 5.60 Å². The first kappa shape index (κ1) is 15.3. The third-order valence-electron chi connectivity index (χ3n) is 3.98. The molecule has 1 amide bonds. The number of aromatic nitrogens is 1. The second-order valence-electron chi connectivity index (χ2n) is 6.79. The van der Waals surface area contributed by atoms with Crippen molar-refractivity contribution in [2.24, 2.45) is 0 Å². The molecule has 1 fully saturated rings. The largest absolute Gasteiger partial charge is 0.444 e. The fourth-order valence-electron chi connectivity index (χ4n) is 2.94. The molecular formula is C17H22N2O2S. The van der Waals surface area contributed by atoms with Crippen molar-refractivity contribution < 1.29 is 9.53 Å². The lowest BCUT2D eigenvalue weighted by Crippen LogP contribution is -2.41. The summed E-state index contributed by atoms with van der Waals surface area (Å²) in [7, 11) is 0. The zero-order chi connectivity index (χ0) is 15.7. The van der Waals surface area contributed by atoms with Crippen LogP contribution >= 0.6 is 11.3 Å². The second kappa shape index (κ2) is 5.88. The molecule has 0 radical (unpaired) electrons. The highest BCUT2D eigenvalue weighted by molar-refractivity contribution is 7.16. The lowest BCUT2D eigenvalue weighted by molar-refractivity contribution is 0.0205. The average Bonchev–Trinajstić information content (AvgIpc) is 2.94. The molecule has 5 heteroatoms. The average molecular weight is 318 g/mol. The predicted octanol–water partition coefficient (Wildman–Crippen LogP) is 4.41. The van der Waals surface area contributed by atoms with E-state index in [9.17, 15) is 4.79 Å². The summed E-state index contributed by atoms with van der Waals surface area (Å²) >= 11 is 1.68. The number of fused-ring (bicyclic) bond motifs is 1. The van der Waals surface area contributed by atoms with Crippen LogP contribution in [0, 0.1) is 0 Å². The van der Waals surface area contributed by atoms with Crippen LogP contribution in [0.25, 0.3) is 10.2 Å². The Morgan fingerprint density at radius 3 is 2.73 bits per heavy atom. The Bertz CT molecular complexity index is 667. The summed E-state index contributed by atoms with van der Waals surface area (Å²) < 4.78 is 6.69. The van der Waals surface area contributed by atoms with Crippen LogP contribution in [0.5, 0.6) is 0 Å². The molecule has 0 atom stereocenters. The molecule has 0 N–H and O–H groups in total. The molecule has 2 heterocycles. The van der Waals surface area contributed by atoms with E-state index in [4.69, 9.17) is 4.74 Å². The van der Waals surface area contributed by atoms with E-state index >= 15 is 0 Å². The summed E-state index contributed by atoms with van der Waals surface area (Å²) in [5, 5.41) is 0. The minimum atomic E-state index is -0.430. The van der Waals surface area contributed by atoms with Crippen molar-refractivity contribution in [2.75, 3.05) is 13.1 Å². The molecule has 0 saturated carbocycles. The van der Waals surface area contributed by atoms with Crippen LogP contribution in [-0.2, 0) is 4.74 Å². The number of rotatable bonds is 1. The molecule has 1 saturated heterocycles. The minimum Gasteiger partial charge on any atom is -0.444 e. The van der Waals surface area contributed by atoms with Gasteiger partial charge >= 0.3 is 6.09 Å². The summed E-state index contributed by atoms with van der Waals surface area (Å²) in [6, 6.07) is 6.40. The van der Waals surface area contributed by atoms with E-state index in [2.05, 4.69) is 23.2 Å². The van der Waals surface area contributed by atoms with Gasteiger partial charge < -0.3 is 9.64 Å². The molecule has 1 aliphatic heterocycles. The highest BCUT2D eigenvalue weighted by atomic mass is 32.1. The molecule has 0 aliphatic carbocycles. The highest BCUT2D eigenvalue weighted by Crippen LogP contribution is 2.33. The zero-order valence-corrected chi connectivity index (χ0v) is 14.2. The van der Waals surface area contributed by atoms with Gasteiger partial charge in [0.1, 0.15) is 5.60 Å². The topological polar surface area (TPSA) is 42.4 Å². The van der Waals surface area contributed by atoms with Gasteiger partial charge in [-0.1, -0.05) is 12.1 Å². The third kappa shape index (κ3) is 3.24. The first-order chi connectivity index (χ1) is 10.4. The Hall–Kier alpha value is -1.62. The standard InChI is InChI=1S/C17H22N2O2S/c1-17(2,3)21-16(20)19-9-7-12(8-10-19)13-5-4-6-14-15(13)18-11-22-14/h4-6,11-12H,7-10H2,1-3H3. The first-order valence-electron chi connectivity index (χ1n) is 7.74. The van der Waals surface area contributed by atoms with Gasteiger partial charge in [-0.3, -0.25) is 0 Å². The van der Waals surface area contributed by atoms with E-state index in [-0.39, 0.29) is 6.09 Å². The molecule has 2 aromatic rings. The van der Waals surface area contributed by atoms with Crippen LogP contribution in [0.2, 0.25) is 0 Å². The zero-order valence-electron chi connectivity index (χ0n) is 13.3. The highest BCUT2D eigenvalue weighted by Gasteiger charge is 2.28. The molecule has 3 rings (SSSR count). The number of carbonyl (C=O) groups is 1. The van der Waals surface area contributed by atoms with Crippen LogP contribution in [0.15, 0.2) is 23.7 Å². The maximum atomic E-state index is 12.1. The molecule has 1 aromatic carbocycles. The molecule has 1 aliphatic rings. The van der Waals surface area contributed by atoms with E-state index in [0.717, 1.165) is 31.4 Å². The van der Waals surface area contributed by atoms with E-state index in [1.54, 1.807) is 11.3 Å². The molecule has 0 bridgehead atoms. The van der Waals surface area contributed by atoms with E-state index in [1.165, 1.54) is 10.3 Å². The van der Waals surface area contributed by atoms with E-state index in [0.29, 0.717) is 5.92 Å². The van der Waals surface area contributed by atoms with Crippen LogP contribution in [0.3, 0.4) is 0 Å². The SMILES string of the molecule is CC(C)(C)OC(=O)N1CCC(c2cccc3scnc23)CC1. The fourth-order valence-corrected chi connectivity index (χ4v) is 3.65. The monoisotopic (exact) mass is 318 g/mol. The van der Waals surface area contributed by atoms with Gasteiger partial charge in [0.25, 0.3) is 0 Å². The van der Waals surface area contributed by atoms with Crippen LogP contribution < -0.4 is 0 Å². The summed E-state index contributed by atoms with van der Waals surface area (Å²) in [6.45, 7) is 7.21. The smallest absolute Gasteiger partial charge is 0.410 e. The van der Waals surface area contributed by atoms with Crippen molar-refractivity contribution in [3.8, 4) is 0 Å². The number of hydrogen-bond donors (Lipinski definition) is 0. The third-order valence-corrected chi connectivity index (χ3v) is 4.77. The molecule has 0 spiro atoms. The van der Waals surface area contributed by atoms with Crippen molar-refractivity contribution >= 4 is 27.6 Å². The maximum Gasteiger partial charge on any atom is 0.410 e. The number of likely N-dealkylation sites (tertiary alicyclic amines) is 1. The Labute approximate surface area is 135 Å². The molecule has 4 nitrogen and oxygen atoms in total. The van der Waals surface area contributed by atoms with Crippen LogP contribution in [0.4, 0.5) is 4.79 Å². The van der Waals surface area contributed by atoms with Crippen molar-refractivity contribution in [1.82, 2.24) is 9.88 Å². The summed E-state index contributed by atoms with van der Waals surface area (Å²) in [5.41, 5.74) is 3.93. The van der Waals surface area contributed by atoms with Gasteiger partial charge in [0.15, 0.2) is 0 Å². The van der Waals surface area contributed by atoms with Gasteiger partial charge in [0.2, 0.25) is 0 Å².